The number of hydrogen-bond acceptors (Lipinski definition) is 4. The predicted octanol–water partition coefficient (Wildman–Crippen LogP) is 5.77. The Hall–Kier alpha value is -2.30. The van der Waals surface area contributed by atoms with Crippen LogP contribution in [0.1, 0.15) is 22.8 Å². The second kappa shape index (κ2) is 7.30. The lowest BCUT2D eigenvalue weighted by Crippen LogP contribution is -2.09. The molecule has 0 aliphatic rings. The van der Waals surface area contributed by atoms with Gasteiger partial charge in [-0.1, -0.05) is 34.8 Å². The Bertz CT molecular complexity index is 958. The first-order valence-corrected chi connectivity index (χ1v) is 8.53. The quantitative estimate of drug-likeness (QED) is 0.588. The molecule has 2 aromatic carbocycles. The molecule has 6 heteroatoms. The van der Waals surface area contributed by atoms with Crippen molar-refractivity contribution < 1.29 is 9.53 Å². The molecular formula is C19H16Cl2N2O2. The largest absolute Gasteiger partial charge is 0.462 e. The second-order valence-corrected chi connectivity index (χ2v) is 6.38. The summed E-state index contributed by atoms with van der Waals surface area (Å²) in [7, 11) is 0. The zero-order chi connectivity index (χ0) is 18.0. The van der Waals surface area contributed by atoms with Gasteiger partial charge >= 0.3 is 5.97 Å². The number of nitrogens with one attached hydrogen (secondary N) is 1. The van der Waals surface area contributed by atoms with Gasteiger partial charge in [-0.15, -0.1) is 0 Å². The van der Waals surface area contributed by atoms with E-state index < -0.39 is 5.97 Å². The molecule has 3 aromatic rings. The van der Waals surface area contributed by atoms with E-state index in [1.54, 1.807) is 25.1 Å². The lowest BCUT2D eigenvalue weighted by molar-refractivity contribution is 0.0527. The van der Waals surface area contributed by atoms with Crippen LogP contribution in [0.4, 0.5) is 11.4 Å². The summed E-state index contributed by atoms with van der Waals surface area (Å²) in [5.74, 6) is -0.439. The first kappa shape index (κ1) is 17.5. The van der Waals surface area contributed by atoms with Crippen LogP contribution in [0.5, 0.6) is 0 Å². The maximum absolute atomic E-state index is 12.4. The van der Waals surface area contributed by atoms with Crippen molar-refractivity contribution in [2.24, 2.45) is 0 Å². The highest BCUT2D eigenvalue weighted by molar-refractivity contribution is 6.36. The third kappa shape index (κ3) is 3.70. The molecule has 0 bridgehead atoms. The normalized spacial score (nSPS) is 10.7. The number of aryl methyl sites for hydroxylation is 1. The Morgan fingerprint density at radius 3 is 2.72 bits per heavy atom. The number of carbonyl (C=O) groups is 1. The van der Waals surface area contributed by atoms with E-state index in [0.717, 1.165) is 16.5 Å². The smallest absolute Gasteiger partial charge is 0.341 e. The van der Waals surface area contributed by atoms with Crippen molar-refractivity contribution in [3.05, 3.63) is 63.8 Å². The van der Waals surface area contributed by atoms with Crippen LogP contribution in [0.3, 0.4) is 0 Å². The molecule has 0 amide bonds. The van der Waals surface area contributed by atoms with Crippen LogP contribution in [0.15, 0.2) is 42.6 Å². The molecule has 1 heterocycles. The van der Waals surface area contributed by atoms with Crippen LogP contribution >= 0.6 is 23.2 Å². The van der Waals surface area contributed by atoms with Crippen LogP contribution in [0.25, 0.3) is 10.9 Å². The van der Waals surface area contributed by atoms with E-state index in [1.807, 2.05) is 25.1 Å². The van der Waals surface area contributed by atoms with Crippen molar-refractivity contribution in [1.82, 2.24) is 4.98 Å². The summed E-state index contributed by atoms with van der Waals surface area (Å²) < 4.78 is 5.16. The monoisotopic (exact) mass is 374 g/mol. The van der Waals surface area contributed by atoms with E-state index in [9.17, 15) is 4.79 Å². The summed E-state index contributed by atoms with van der Waals surface area (Å²) in [6.07, 6.45) is 1.52. The summed E-state index contributed by atoms with van der Waals surface area (Å²) >= 11 is 12.2. The molecule has 0 aliphatic heterocycles. The van der Waals surface area contributed by atoms with E-state index in [4.69, 9.17) is 27.9 Å². The number of anilines is 2. The average Bonchev–Trinajstić information content (AvgIpc) is 2.57. The van der Waals surface area contributed by atoms with Crippen molar-refractivity contribution in [3.63, 3.8) is 0 Å². The summed E-state index contributed by atoms with van der Waals surface area (Å²) in [5.41, 5.74) is 3.43. The zero-order valence-corrected chi connectivity index (χ0v) is 15.3. The predicted molar refractivity (Wildman–Crippen MR) is 102 cm³/mol. The molecule has 0 saturated heterocycles. The van der Waals surface area contributed by atoms with Gasteiger partial charge < -0.3 is 10.1 Å². The lowest BCUT2D eigenvalue weighted by atomic mass is 10.1. The molecule has 0 spiro atoms. The Labute approximate surface area is 155 Å². The molecule has 0 saturated carbocycles. The highest BCUT2D eigenvalue weighted by Gasteiger charge is 2.18. The number of halogens is 2. The van der Waals surface area contributed by atoms with Gasteiger partial charge in [-0.2, -0.15) is 0 Å². The maximum Gasteiger partial charge on any atom is 0.341 e. The SMILES string of the molecule is CCOC(=O)c1cnc2ccc(C)cc2c1Nc1ccc(Cl)cc1Cl. The molecule has 25 heavy (non-hydrogen) atoms. The molecule has 0 radical (unpaired) electrons. The fraction of sp³-hybridized carbons (Fsp3) is 0.158. The number of nitrogens with zero attached hydrogens (tertiary/aromatic N) is 1. The summed E-state index contributed by atoms with van der Waals surface area (Å²) in [6, 6.07) is 11.0. The Morgan fingerprint density at radius 1 is 1.20 bits per heavy atom. The molecule has 0 atom stereocenters. The number of hydrogen-bond donors (Lipinski definition) is 1. The van der Waals surface area contributed by atoms with Crippen LogP contribution < -0.4 is 5.32 Å². The van der Waals surface area contributed by atoms with Gasteiger partial charge in [0.15, 0.2) is 0 Å². The molecule has 0 fully saturated rings. The van der Waals surface area contributed by atoms with E-state index in [0.29, 0.717) is 27.0 Å². The van der Waals surface area contributed by atoms with Gasteiger partial charge in [0.1, 0.15) is 5.56 Å². The van der Waals surface area contributed by atoms with E-state index in [1.165, 1.54) is 6.20 Å². The highest BCUT2D eigenvalue weighted by atomic mass is 35.5. The van der Waals surface area contributed by atoms with Crippen molar-refractivity contribution in [1.29, 1.82) is 0 Å². The Morgan fingerprint density at radius 2 is 2.00 bits per heavy atom. The molecule has 0 unspecified atom stereocenters. The minimum absolute atomic E-state index is 0.284. The standard InChI is InChI=1S/C19H16Cl2N2O2/c1-3-25-19(24)14-10-22-16-6-4-11(2)8-13(16)18(14)23-17-7-5-12(20)9-15(17)21/h4-10H,3H2,1-2H3,(H,22,23). The van der Waals surface area contributed by atoms with Gasteiger partial charge in [0.25, 0.3) is 0 Å². The number of carbonyl (C=O) groups excluding carboxylic acids is 1. The number of rotatable bonds is 4. The topological polar surface area (TPSA) is 51.2 Å². The Balaban J connectivity index is 2.19. The molecule has 4 nitrogen and oxygen atoms in total. The van der Waals surface area contributed by atoms with Crippen molar-refractivity contribution in [2.45, 2.75) is 13.8 Å². The Kier molecular flexibility index (Phi) is 5.11. The lowest BCUT2D eigenvalue weighted by Gasteiger charge is -2.15. The fourth-order valence-corrected chi connectivity index (χ4v) is 2.99. The highest BCUT2D eigenvalue weighted by Crippen LogP contribution is 2.34. The molecule has 0 aliphatic carbocycles. The number of benzene rings is 2. The number of pyridine rings is 1. The molecule has 1 aromatic heterocycles. The van der Waals surface area contributed by atoms with Gasteiger partial charge in [-0.3, -0.25) is 4.98 Å². The van der Waals surface area contributed by atoms with E-state index >= 15 is 0 Å². The van der Waals surface area contributed by atoms with Crippen LogP contribution in [0.2, 0.25) is 10.0 Å². The van der Waals surface area contributed by atoms with Crippen molar-refractivity contribution >= 4 is 51.4 Å². The van der Waals surface area contributed by atoms with Crippen molar-refractivity contribution in [3.8, 4) is 0 Å². The molecular weight excluding hydrogens is 359 g/mol. The van der Waals surface area contributed by atoms with E-state index in [2.05, 4.69) is 10.3 Å². The third-order valence-corrected chi connectivity index (χ3v) is 4.26. The first-order valence-electron chi connectivity index (χ1n) is 7.78. The number of ether oxygens (including phenoxy) is 1. The summed E-state index contributed by atoms with van der Waals surface area (Å²) in [6.45, 7) is 4.03. The van der Waals surface area contributed by atoms with Crippen LogP contribution in [0, 0.1) is 6.92 Å². The summed E-state index contributed by atoms with van der Waals surface area (Å²) in [5, 5.41) is 5.06. The number of aromatic nitrogens is 1. The minimum atomic E-state index is -0.439. The summed E-state index contributed by atoms with van der Waals surface area (Å²) in [4.78, 5) is 16.7. The second-order valence-electron chi connectivity index (χ2n) is 5.54. The first-order chi connectivity index (χ1) is 12.0. The molecule has 128 valence electrons. The van der Waals surface area contributed by atoms with Gasteiger partial charge in [-0.25, -0.2) is 4.79 Å². The fourth-order valence-electron chi connectivity index (χ4n) is 2.53. The van der Waals surface area contributed by atoms with Gasteiger partial charge in [-0.05, 0) is 44.2 Å². The molecule has 3 rings (SSSR count). The number of fused-ring (bicyclic) bond motifs is 1. The zero-order valence-electron chi connectivity index (χ0n) is 13.8. The van der Waals surface area contributed by atoms with Gasteiger partial charge in [0, 0.05) is 16.6 Å². The van der Waals surface area contributed by atoms with Gasteiger partial charge in [0.2, 0.25) is 0 Å². The van der Waals surface area contributed by atoms with E-state index in [-0.39, 0.29) is 6.61 Å². The minimum Gasteiger partial charge on any atom is -0.462 e. The average molecular weight is 375 g/mol. The molecule has 1 N–H and O–H groups in total. The van der Waals surface area contributed by atoms with Crippen LogP contribution in [-0.2, 0) is 4.74 Å². The number of esters is 1. The van der Waals surface area contributed by atoms with Crippen LogP contribution in [-0.4, -0.2) is 17.6 Å². The van der Waals surface area contributed by atoms with Gasteiger partial charge in [0.05, 0.1) is 28.5 Å². The maximum atomic E-state index is 12.4. The van der Waals surface area contributed by atoms with Crippen molar-refractivity contribution in [2.75, 3.05) is 11.9 Å². The third-order valence-electron chi connectivity index (χ3n) is 3.71.